The summed E-state index contributed by atoms with van der Waals surface area (Å²) in [5.74, 6) is 0.765. The largest absolute Gasteiger partial charge is 0.381 e. The van der Waals surface area contributed by atoms with Crippen LogP contribution in [0.5, 0.6) is 0 Å². The van der Waals surface area contributed by atoms with Crippen LogP contribution >= 0.6 is 0 Å². The third-order valence-electron chi connectivity index (χ3n) is 3.45. The molecule has 0 aromatic rings. The number of hydrogen-bond acceptors (Lipinski definition) is 2. The Morgan fingerprint density at radius 3 is 2.61 bits per heavy atom. The minimum atomic E-state index is 0.0930. The average Bonchev–Trinajstić information content (AvgIpc) is 2.38. The number of amides is 2. The van der Waals surface area contributed by atoms with Crippen LogP contribution in [0.25, 0.3) is 0 Å². The minimum Gasteiger partial charge on any atom is -0.381 e. The minimum absolute atomic E-state index is 0.0930. The number of carbonyl (C=O) groups is 1. The smallest absolute Gasteiger partial charge is 0.317 e. The van der Waals surface area contributed by atoms with Crippen molar-refractivity contribution in [1.82, 2.24) is 10.2 Å². The first-order chi connectivity index (χ1) is 8.74. The SMILES string of the molecule is CCCCOCCCNC(=O)N1CCC(C)CC1. The van der Waals surface area contributed by atoms with Crippen molar-refractivity contribution in [3.8, 4) is 0 Å². The van der Waals surface area contributed by atoms with E-state index >= 15 is 0 Å². The summed E-state index contributed by atoms with van der Waals surface area (Å²) >= 11 is 0. The van der Waals surface area contributed by atoms with Crippen LogP contribution in [0.2, 0.25) is 0 Å². The van der Waals surface area contributed by atoms with Crippen molar-refractivity contribution in [1.29, 1.82) is 0 Å². The van der Waals surface area contributed by atoms with Crippen molar-refractivity contribution in [2.45, 2.75) is 46.0 Å². The second-order valence-corrected chi connectivity index (χ2v) is 5.22. The normalized spacial score (nSPS) is 16.9. The first kappa shape index (κ1) is 15.3. The molecule has 0 unspecified atom stereocenters. The van der Waals surface area contributed by atoms with Crippen LogP contribution in [0.3, 0.4) is 0 Å². The molecule has 0 atom stereocenters. The van der Waals surface area contributed by atoms with Crippen molar-refractivity contribution in [3.63, 3.8) is 0 Å². The lowest BCUT2D eigenvalue weighted by Gasteiger charge is -2.30. The number of nitrogens with one attached hydrogen (secondary N) is 1. The molecule has 106 valence electrons. The van der Waals surface area contributed by atoms with Crippen molar-refractivity contribution in [3.05, 3.63) is 0 Å². The third-order valence-corrected chi connectivity index (χ3v) is 3.45. The molecule has 4 heteroatoms. The van der Waals surface area contributed by atoms with Crippen molar-refractivity contribution >= 4 is 6.03 Å². The first-order valence-corrected chi connectivity index (χ1v) is 7.34. The second-order valence-electron chi connectivity index (χ2n) is 5.22. The summed E-state index contributed by atoms with van der Waals surface area (Å²) in [6.07, 6.45) is 5.46. The van der Waals surface area contributed by atoms with Crippen molar-refractivity contribution < 1.29 is 9.53 Å². The van der Waals surface area contributed by atoms with E-state index in [0.29, 0.717) is 0 Å². The van der Waals surface area contributed by atoms with Crippen LogP contribution in [0.15, 0.2) is 0 Å². The summed E-state index contributed by atoms with van der Waals surface area (Å²) in [6.45, 7) is 8.52. The predicted molar refractivity (Wildman–Crippen MR) is 73.7 cm³/mol. The van der Waals surface area contributed by atoms with Gasteiger partial charge in [-0.3, -0.25) is 0 Å². The molecule has 0 aliphatic carbocycles. The number of likely N-dealkylation sites (tertiary alicyclic amines) is 1. The standard InChI is InChI=1S/C14H28N2O2/c1-3-4-11-18-12-5-8-15-14(17)16-9-6-13(2)7-10-16/h13H,3-12H2,1-2H3,(H,15,17). The number of unbranched alkanes of at least 4 members (excludes halogenated alkanes) is 1. The summed E-state index contributed by atoms with van der Waals surface area (Å²) in [5, 5.41) is 2.97. The molecule has 1 aliphatic rings. The van der Waals surface area contributed by atoms with Crippen LogP contribution in [0, 0.1) is 5.92 Å². The quantitative estimate of drug-likeness (QED) is 0.711. The molecule has 1 N–H and O–H groups in total. The Morgan fingerprint density at radius 2 is 1.94 bits per heavy atom. The van der Waals surface area contributed by atoms with E-state index in [1.165, 1.54) is 6.42 Å². The van der Waals surface area contributed by atoms with Gasteiger partial charge in [0.2, 0.25) is 0 Å². The van der Waals surface area contributed by atoms with Gasteiger partial charge in [0, 0.05) is 32.8 Å². The van der Waals surface area contributed by atoms with E-state index in [9.17, 15) is 4.79 Å². The molecule has 18 heavy (non-hydrogen) atoms. The number of piperidine rings is 1. The zero-order chi connectivity index (χ0) is 13.2. The van der Waals surface area contributed by atoms with E-state index < -0.39 is 0 Å². The Balaban J connectivity index is 1.96. The van der Waals surface area contributed by atoms with Crippen LogP contribution in [0.1, 0.15) is 46.0 Å². The fraction of sp³-hybridized carbons (Fsp3) is 0.929. The molecule has 1 saturated heterocycles. The molecule has 4 nitrogen and oxygen atoms in total. The van der Waals surface area contributed by atoms with Crippen LogP contribution in [-0.2, 0) is 4.74 Å². The highest BCUT2D eigenvalue weighted by atomic mass is 16.5. The van der Waals surface area contributed by atoms with Gasteiger partial charge in [0.05, 0.1) is 0 Å². The molecule has 0 aromatic heterocycles. The Kier molecular flexibility index (Phi) is 7.81. The molecule has 1 rings (SSSR count). The Morgan fingerprint density at radius 1 is 1.28 bits per heavy atom. The van der Waals surface area contributed by atoms with E-state index in [0.717, 1.165) is 64.4 Å². The number of carbonyl (C=O) groups excluding carboxylic acids is 1. The molecule has 0 radical (unpaired) electrons. The van der Waals surface area contributed by atoms with E-state index in [4.69, 9.17) is 4.74 Å². The molecular weight excluding hydrogens is 228 g/mol. The van der Waals surface area contributed by atoms with E-state index in [-0.39, 0.29) is 6.03 Å². The van der Waals surface area contributed by atoms with Gasteiger partial charge < -0.3 is 15.0 Å². The van der Waals surface area contributed by atoms with Gasteiger partial charge in [0.1, 0.15) is 0 Å². The highest BCUT2D eigenvalue weighted by Gasteiger charge is 2.19. The maximum absolute atomic E-state index is 11.8. The van der Waals surface area contributed by atoms with Crippen molar-refractivity contribution in [2.24, 2.45) is 5.92 Å². The van der Waals surface area contributed by atoms with Gasteiger partial charge in [0.15, 0.2) is 0 Å². The topological polar surface area (TPSA) is 41.6 Å². The van der Waals surface area contributed by atoms with Crippen LogP contribution < -0.4 is 5.32 Å². The summed E-state index contributed by atoms with van der Waals surface area (Å²) in [7, 11) is 0. The molecule has 1 fully saturated rings. The maximum atomic E-state index is 11.8. The number of hydrogen-bond donors (Lipinski definition) is 1. The van der Waals surface area contributed by atoms with Crippen LogP contribution in [-0.4, -0.2) is 43.8 Å². The van der Waals surface area contributed by atoms with Gasteiger partial charge >= 0.3 is 6.03 Å². The first-order valence-electron chi connectivity index (χ1n) is 7.34. The van der Waals surface area contributed by atoms with Crippen molar-refractivity contribution in [2.75, 3.05) is 32.8 Å². The monoisotopic (exact) mass is 256 g/mol. The number of rotatable bonds is 7. The fourth-order valence-electron chi connectivity index (χ4n) is 2.04. The second kappa shape index (κ2) is 9.20. The zero-order valence-electron chi connectivity index (χ0n) is 11.9. The predicted octanol–water partition coefficient (Wildman–Crippen LogP) is 2.63. The molecule has 0 spiro atoms. The molecule has 0 bridgehead atoms. The molecule has 2 amide bonds. The lowest BCUT2D eigenvalue weighted by Crippen LogP contribution is -2.44. The van der Waals surface area contributed by atoms with Gasteiger partial charge in [-0.15, -0.1) is 0 Å². The Bertz CT molecular complexity index is 226. The van der Waals surface area contributed by atoms with Crippen LogP contribution in [0.4, 0.5) is 4.79 Å². The number of urea groups is 1. The van der Waals surface area contributed by atoms with E-state index in [1.807, 2.05) is 4.90 Å². The van der Waals surface area contributed by atoms with Gasteiger partial charge in [-0.05, 0) is 31.6 Å². The number of nitrogens with zero attached hydrogens (tertiary/aromatic N) is 1. The van der Waals surface area contributed by atoms with Gasteiger partial charge in [-0.25, -0.2) is 4.79 Å². The zero-order valence-corrected chi connectivity index (χ0v) is 11.9. The summed E-state index contributed by atoms with van der Waals surface area (Å²) in [6, 6.07) is 0.0930. The lowest BCUT2D eigenvalue weighted by molar-refractivity contribution is 0.128. The number of ether oxygens (including phenoxy) is 1. The third kappa shape index (κ3) is 6.24. The molecule has 0 saturated carbocycles. The maximum Gasteiger partial charge on any atom is 0.317 e. The Labute approximate surface area is 111 Å². The highest BCUT2D eigenvalue weighted by Crippen LogP contribution is 2.15. The molecular formula is C14H28N2O2. The fourth-order valence-corrected chi connectivity index (χ4v) is 2.04. The average molecular weight is 256 g/mol. The summed E-state index contributed by atoms with van der Waals surface area (Å²) < 4.78 is 5.45. The summed E-state index contributed by atoms with van der Waals surface area (Å²) in [5.41, 5.74) is 0. The lowest BCUT2D eigenvalue weighted by atomic mass is 10.00. The van der Waals surface area contributed by atoms with Gasteiger partial charge in [-0.1, -0.05) is 20.3 Å². The molecule has 0 aromatic carbocycles. The van der Waals surface area contributed by atoms with Gasteiger partial charge in [0.25, 0.3) is 0 Å². The molecule has 1 aliphatic heterocycles. The highest BCUT2D eigenvalue weighted by molar-refractivity contribution is 5.74. The molecule has 1 heterocycles. The summed E-state index contributed by atoms with van der Waals surface area (Å²) in [4.78, 5) is 13.7. The Hall–Kier alpha value is -0.770. The van der Waals surface area contributed by atoms with E-state index in [1.54, 1.807) is 0 Å². The van der Waals surface area contributed by atoms with Gasteiger partial charge in [-0.2, -0.15) is 0 Å². The van der Waals surface area contributed by atoms with E-state index in [2.05, 4.69) is 19.2 Å².